The molecule has 108 valence electrons. The van der Waals surface area contributed by atoms with Crippen LogP contribution in [0.5, 0.6) is 5.75 Å². The van der Waals surface area contributed by atoms with Gasteiger partial charge >= 0.3 is 0 Å². The lowest BCUT2D eigenvalue weighted by molar-refractivity contribution is -0.117. The molecule has 0 aliphatic rings. The highest BCUT2D eigenvalue weighted by molar-refractivity contribution is 5.92. The molecule has 1 aromatic carbocycles. The molecule has 0 fully saturated rings. The second-order valence-corrected chi connectivity index (χ2v) is 5.96. The minimum atomic E-state index is -0.0413. The maximum absolute atomic E-state index is 12.1. The second-order valence-electron chi connectivity index (χ2n) is 5.96. The van der Waals surface area contributed by atoms with Gasteiger partial charge in [-0.15, -0.1) is 0 Å². The number of nitrogens with one attached hydrogen (secondary N) is 1. The van der Waals surface area contributed by atoms with E-state index in [9.17, 15) is 4.79 Å². The molecule has 1 N–H and O–H groups in total. The van der Waals surface area contributed by atoms with Crippen molar-refractivity contribution in [2.45, 2.75) is 34.1 Å². The molecule has 1 atom stereocenters. The van der Waals surface area contributed by atoms with E-state index in [1.807, 2.05) is 12.1 Å². The van der Waals surface area contributed by atoms with Gasteiger partial charge in [0.15, 0.2) is 6.61 Å². The summed E-state index contributed by atoms with van der Waals surface area (Å²) in [4.78, 5) is 12.1. The number of rotatable bonds is 5. The van der Waals surface area contributed by atoms with E-state index in [0.29, 0.717) is 17.9 Å². The maximum Gasteiger partial charge on any atom is 0.224 e. The summed E-state index contributed by atoms with van der Waals surface area (Å²) in [6.07, 6.45) is 0.454. The topological polar surface area (TPSA) is 62.1 Å². The lowest BCUT2D eigenvalue weighted by atomic mass is 9.80. The third-order valence-corrected chi connectivity index (χ3v) is 3.42. The van der Waals surface area contributed by atoms with Crippen molar-refractivity contribution in [2.24, 2.45) is 11.3 Å². The van der Waals surface area contributed by atoms with Gasteiger partial charge in [-0.1, -0.05) is 39.8 Å². The van der Waals surface area contributed by atoms with Crippen LogP contribution >= 0.6 is 0 Å². The van der Waals surface area contributed by atoms with Gasteiger partial charge in [0.25, 0.3) is 0 Å². The van der Waals surface area contributed by atoms with Gasteiger partial charge in [0.1, 0.15) is 11.8 Å². The number of anilines is 1. The Morgan fingerprint density at radius 3 is 2.65 bits per heavy atom. The summed E-state index contributed by atoms with van der Waals surface area (Å²) < 4.78 is 5.28. The Morgan fingerprint density at radius 1 is 1.40 bits per heavy atom. The third kappa shape index (κ3) is 4.93. The first-order valence-electron chi connectivity index (χ1n) is 6.73. The highest BCUT2D eigenvalue weighted by Gasteiger charge is 2.22. The minimum Gasteiger partial charge on any atom is -0.477 e. The van der Waals surface area contributed by atoms with Crippen molar-refractivity contribution < 1.29 is 9.53 Å². The van der Waals surface area contributed by atoms with Gasteiger partial charge < -0.3 is 10.1 Å². The molecule has 1 aromatic rings. The largest absolute Gasteiger partial charge is 0.477 e. The molecule has 1 amide bonds. The van der Waals surface area contributed by atoms with Gasteiger partial charge in [0, 0.05) is 6.42 Å². The lowest BCUT2D eigenvalue weighted by Crippen LogP contribution is -2.24. The van der Waals surface area contributed by atoms with Crippen molar-refractivity contribution in [3.8, 4) is 11.8 Å². The van der Waals surface area contributed by atoms with Crippen molar-refractivity contribution in [1.82, 2.24) is 0 Å². The predicted molar refractivity (Wildman–Crippen MR) is 79.4 cm³/mol. The van der Waals surface area contributed by atoms with Gasteiger partial charge in [0.05, 0.1) is 5.69 Å². The van der Waals surface area contributed by atoms with E-state index >= 15 is 0 Å². The van der Waals surface area contributed by atoms with Crippen molar-refractivity contribution in [3.05, 3.63) is 24.3 Å². The molecule has 20 heavy (non-hydrogen) atoms. The number of ether oxygens (including phenoxy) is 1. The van der Waals surface area contributed by atoms with E-state index in [2.05, 4.69) is 33.0 Å². The van der Waals surface area contributed by atoms with Crippen molar-refractivity contribution in [1.29, 1.82) is 5.26 Å². The summed E-state index contributed by atoms with van der Waals surface area (Å²) in [5.74, 6) is 0.751. The molecule has 0 aromatic heterocycles. The van der Waals surface area contributed by atoms with E-state index in [1.165, 1.54) is 0 Å². The Morgan fingerprint density at radius 2 is 2.05 bits per heavy atom. The van der Waals surface area contributed by atoms with Crippen LogP contribution in [0.25, 0.3) is 0 Å². The third-order valence-electron chi connectivity index (χ3n) is 3.42. The number of para-hydroxylation sites is 2. The van der Waals surface area contributed by atoms with Crippen molar-refractivity contribution >= 4 is 11.6 Å². The highest BCUT2D eigenvalue weighted by atomic mass is 16.5. The molecule has 4 nitrogen and oxygen atoms in total. The van der Waals surface area contributed by atoms with Crippen LogP contribution in [0, 0.1) is 22.7 Å². The first kappa shape index (κ1) is 16.0. The fourth-order valence-corrected chi connectivity index (χ4v) is 1.59. The smallest absolute Gasteiger partial charge is 0.224 e. The van der Waals surface area contributed by atoms with E-state index in [1.54, 1.807) is 18.2 Å². The Labute approximate surface area is 120 Å². The number of amides is 1. The number of benzene rings is 1. The van der Waals surface area contributed by atoms with Crippen LogP contribution in [0.4, 0.5) is 5.69 Å². The average Bonchev–Trinajstić information content (AvgIpc) is 2.36. The fourth-order valence-electron chi connectivity index (χ4n) is 1.59. The first-order chi connectivity index (χ1) is 9.34. The summed E-state index contributed by atoms with van der Waals surface area (Å²) in [6, 6.07) is 9.05. The minimum absolute atomic E-state index is 0.0364. The monoisotopic (exact) mass is 274 g/mol. The van der Waals surface area contributed by atoms with Gasteiger partial charge in [-0.3, -0.25) is 4.79 Å². The van der Waals surface area contributed by atoms with Crippen LogP contribution in [0.2, 0.25) is 0 Å². The Hall–Kier alpha value is -2.02. The summed E-state index contributed by atoms with van der Waals surface area (Å²) in [6.45, 7) is 8.39. The standard InChI is InChI=1S/C16H22N2O2/c1-12(16(2,3)4)11-15(19)18-13-7-5-6-8-14(13)20-10-9-17/h5-8,12H,10-11H2,1-4H3,(H,18,19). The Balaban J connectivity index is 2.69. The van der Waals surface area contributed by atoms with E-state index in [-0.39, 0.29) is 23.8 Å². The van der Waals surface area contributed by atoms with Crippen LogP contribution in [-0.4, -0.2) is 12.5 Å². The first-order valence-corrected chi connectivity index (χ1v) is 6.73. The molecule has 0 bridgehead atoms. The average molecular weight is 274 g/mol. The maximum atomic E-state index is 12.1. The summed E-state index contributed by atoms with van der Waals surface area (Å²) in [5, 5.41) is 11.4. The molecule has 0 heterocycles. The van der Waals surface area contributed by atoms with Gasteiger partial charge in [-0.05, 0) is 23.5 Å². The van der Waals surface area contributed by atoms with E-state index < -0.39 is 0 Å². The normalized spacial score (nSPS) is 12.3. The molecular weight excluding hydrogens is 252 g/mol. The summed E-state index contributed by atoms with van der Waals surface area (Å²) in [7, 11) is 0. The molecule has 0 spiro atoms. The van der Waals surface area contributed by atoms with Gasteiger partial charge in [0.2, 0.25) is 5.91 Å². The fraction of sp³-hybridized carbons (Fsp3) is 0.500. The molecular formula is C16H22N2O2. The summed E-state index contributed by atoms with van der Waals surface area (Å²) >= 11 is 0. The van der Waals surface area contributed by atoms with Crippen molar-refractivity contribution in [3.63, 3.8) is 0 Å². The molecule has 4 heteroatoms. The number of carbonyl (C=O) groups is 1. The highest BCUT2D eigenvalue weighted by Crippen LogP contribution is 2.29. The number of hydrogen-bond donors (Lipinski definition) is 1. The zero-order valence-electron chi connectivity index (χ0n) is 12.6. The van der Waals surface area contributed by atoms with E-state index in [0.717, 1.165) is 0 Å². The van der Waals surface area contributed by atoms with Crippen LogP contribution in [0.15, 0.2) is 24.3 Å². The number of carbonyl (C=O) groups excluding carboxylic acids is 1. The Kier molecular flexibility index (Phi) is 5.57. The van der Waals surface area contributed by atoms with Gasteiger partial charge in [-0.2, -0.15) is 5.26 Å². The number of nitrogens with zero attached hydrogens (tertiary/aromatic N) is 1. The summed E-state index contributed by atoms with van der Waals surface area (Å²) in [5.41, 5.74) is 0.697. The van der Waals surface area contributed by atoms with Crippen LogP contribution < -0.4 is 10.1 Å². The van der Waals surface area contributed by atoms with Crippen molar-refractivity contribution in [2.75, 3.05) is 11.9 Å². The zero-order valence-corrected chi connectivity index (χ0v) is 12.6. The molecule has 0 radical (unpaired) electrons. The molecule has 0 aliphatic carbocycles. The predicted octanol–water partition coefficient (Wildman–Crippen LogP) is 3.60. The van der Waals surface area contributed by atoms with Gasteiger partial charge in [-0.25, -0.2) is 0 Å². The number of nitriles is 1. The SMILES string of the molecule is CC(CC(=O)Nc1ccccc1OCC#N)C(C)(C)C. The lowest BCUT2D eigenvalue weighted by Gasteiger charge is -2.26. The molecule has 1 rings (SSSR count). The molecule has 0 aliphatic heterocycles. The van der Waals surface area contributed by atoms with Crippen LogP contribution in [-0.2, 0) is 4.79 Å². The Bertz CT molecular complexity index is 498. The second kappa shape index (κ2) is 6.95. The molecule has 0 saturated carbocycles. The zero-order chi connectivity index (χ0) is 15.2. The quantitative estimate of drug-likeness (QED) is 0.892. The molecule has 0 saturated heterocycles. The van der Waals surface area contributed by atoms with Crippen LogP contribution in [0.1, 0.15) is 34.1 Å². The molecule has 1 unspecified atom stereocenters. The van der Waals surface area contributed by atoms with Crippen LogP contribution in [0.3, 0.4) is 0 Å². The number of hydrogen-bond acceptors (Lipinski definition) is 3. The van der Waals surface area contributed by atoms with E-state index in [4.69, 9.17) is 10.00 Å².